The molecule has 1 amide bonds. The summed E-state index contributed by atoms with van der Waals surface area (Å²) in [5.74, 6) is 0.0969. The molecule has 1 aliphatic rings. The molecule has 0 aromatic carbocycles. The van der Waals surface area contributed by atoms with Gasteiger partial charge in [0.05, 0.1) is 24.5 Å². The Hall–Kier alpha value is -1.78. The van der Waals surface area contributed by atoms with Gasteiger partial charge in [-0.25, -0.2) is 4.68 Å². The average Bonchev–Trinajstić information content (AvgIpc) is 3.38. The molecule has 1 fully saturated rings. The first kappa shape index (κ1) is 23.9. The lowest BCUT2D eigenvalue weighted by Gasteiger charge is -2.24. The van der Waals surface area contributed by atoms with E-state index in [9.17, 15) is 18.0 Å². The molecule has 2 aromatic heterocycles. The second-order valence-electron chi connectivity index (χ2n) is 7.28. The lowest BCUT2D eigenvalue weighted by molar-refractivity contribution is -0.129. The number of pyridine rings is 1. The van der Waals surface area contributed by atoms with Crippen LogP contribution in [-0.2, 0) is 4.79 Å². The van der Waals surface area contributed by atoms with Crippen LogP contribution in [-0.4, -0.2) is 69.4 Å². The third kappa shape index (κ3) is 7.40. The van der Waals surface area contributed by atoms with E-state index in [2.05, 4.69) is 15.0 Å². The predicted molar refractivity (Wildman–Crippen MR) is 117 cm³/mol. The van der Waals surface area contributed by atoms with Crippen molar-refractivity contribution in [2.24, 2.45) is 0 Å². The molecule has 1 aliphatic heterocycles. The maximum atomic E-state index is 13.0. The van der Waals surface area contributed by atoms with Gasteiger partial charge in [0.25, 0.3) is 0 Å². The largest absolute Gasteiger partial charge is 0.389 e. The van der Waals surface area contributed by atoms with Crippen molar-refractivity contribution in [2.45, 2.75) is 31.9 Å². The zero-order valence-corrected chi connectivity index (χ0v) is 18.6. The van der Waals surface area contributed by atoms with Gasteiger partial charge in [-0.05, 0) is 38.1 Å². The molecule has 6 nitrogen and oxygen atoms in total. The highest BCUT2D eigenvalue weighted by Gasteiger charge is 2.27. The Bertz CT molecular complexity index is 843. The smallest absolute Gasteiger partial charge is 0.307 e. The first-order valence-electron chi connectivity index (χ1n) is 10.2. The van der Waals surface area contributed by atoms with Crippen LogP contribution in [0.25, 0.3) is 5.69 Å². The van der Waals surface area contributed by atoms with Gasteiger partial charge in [0.15, 0.2) is 5.15 Å². The number of thioether (sulfide) groups is 1. The van der Waals surface area contributed by atoms with Crippen LogP contribution in [0.15, 0.2) is 30.7 Å². The molecule has 0 saturated carbocycles. The Labute approximate surface area is 188 Å². The molecule has 0 bridgehead atoms. The SMILES string of the molecule is O=C(CCSCCC(F)(F)F)N(CCN1CCCC1)c1cn(-c2cccnc2)nc1Cl. The quantitative estimate of drug-likeness (QED) is 0.476. The molecule has 0 atom stereocenters. The number of hydrogen-bond acceptors (Lipinski definition) is 5. The van der Waals surface area contributed by atoms with Crippen LogP contribution in [0.5, 0.6) is 0 Å². The van der Waals surface area contributed by atoms with Gasteiger partial charge in [-0.1, -0.05) is 11.6 Å². The van der Waals surface area contributed by atoms with Crippen molar-refractivity contribution in [2.75, 3.05) is 42.6 Å². The molecule has 0 spiro atoms. The van der Waals surface area contributed by atoms with Gasteiger partial charge in [-0.2, -0.15) is 30.0 Å². The molecule has 11 heteroatoms. The number of likely N-dealkylation sites (tertiary alicyclic amines) is 1. The summed E-state index contributed by atoms with van der Waals surface area (Å²) < 4.78 is 38.5. The number of nitrogens with zero attached hydrogens (tertiary/aromatic N) is 5. The van der Waals surface area contributed by atoms with E-state index in [1.54, 1.807) is 34.2 Å². The summed E-state index contributed by atoms with van der Waals surface area (Å²) in [6.07, 6.45) is 2.38. The molecule has 0 aliphatic carbocycles. The van der Waals surface area contributed by atoms with Gasteiger partial charge in [-0.3, -0.25) is 9.78 Å². The Morgan fingerprint density at radius 3 is 2.71 bits per heavy atom. The Morgan fingerprint density at radius 2 is 2.03 bits per heavy atom. The number of amides is 1. The van der Waals surface area contributed by atoms with Gasteiger partial charge in [-0.15, -0.1) is 0 Å². The first-order valence-corrected chi connectivity index (χ1v) is 11.7. The van der Waals surface area contributed by atoms with Crippen LogP contribution in [0.3, 0.4) is 0 Å². The highest BCUT2D eigenvalue weighted by atomic mass is 35.5. The molecule has 0 N–H and O–H groups in total. The number of carbonyl (C=O) groups is 1. The molecule has 0 radical (unpaired) electrons. The van der Waals surface area contributed by atoms with Crippen molar-refractivity contribution >= 4 is 35.0 Å². The van der Waals surface area contributed by atoms with Crippen molar-refractivity contribution in [3.63, 3.8) is 0 Å². The minimum Gasteiger partial charge on any atom is -0.307 e. The number of alkyl halides is 3. The second-order valence-corrected chi connectivity index (χ2v) is 8.87. The Kier molecular flexibility index (Phi) is 8.62. The van der Waals surface area contributed by atoms with Gasteiger partial charge >= 0.3 is 6.18 Å². The molecule has 3 rings (SSSR count). The van der Waals surface area contributed by atoms with Crippen LogP contribution < -0.4 is 4.90 Å². The molecule has 0 unspecified atom stereocenters. The zero-order valence-electron chi connectivity index (χ0n) is 17.0. The van der Waals surface area contributed by atoms with Crippen LogP contribution in [0.2, 0.25) is 5.15 Å². The minimum absolute atomic E-state index is 0.0513. The Balaban J connectivity index is 1.67. The van der Waals surface area contributed by atoms with Crippen molar-refractivity contribution < 1.29 is 18.0 Å². The number of anilines is 1. The summed E-state index contributed by atoms with van der Waals surface area (Å²) in [4.78, 5) is 20.9. The molecular formula is C20H25ClF3N5OS. The lowest BCUT2D eigenvalue weighted by atomic mass is 10.3. The fourth-order valence-electron chi connectivity index (χ4n) is 3.36. The van der Waals surface area contributed by atoms with Crippen LogP contribution in [0.4, 0.5) is 18.9 Å². The van der Waals surface area contributed by atoms with Crippen molar-refractivity contribution in [3.05, 3.63) is 35.9 Å². The fraction of sp³-hybridized carbons (Fsp3) is 0.550. The van der Waals surface area contributed by atoms with E-state index in [0.717, 1.165) is 37.7 Å². The zero-order chi connectivity index (χ0) is 22.3. The molecule has 2 aromatic rings. The Morgan fingerprint density at radius 1 is 1.26 bits per heavy atom. The molecule has 31 heavy (non-hydrogen) atoms. The van der Waals surface area contributed by atoms with E-state index in [4.69, 9.17) is 11.6 Å². The van der Waals surface area contributed by atoms with Crippen molar-refractivity contribution in [1.82, 2.24) is 19.7 Å². The second kappa shape index (κ2) is 11.2. The topological polar surface area (TPSA) is 54.3 Å². The molecule has 170 valence electrons. The minimum atomic E-state index is -4.17. The van der Waals surface area contributed by atoms with Crippen LogP contribution >= 0.6 is 23.4 Å². The highest BCUT2D eigenvalue weighted by molar-refractivity contribution is 7.99. The number of hydrogen-bond donors (Lipinski definition) is 0. The van der Waals surface area contributed by atoms with Crippen LogP contribution in [0, 0.1) is 0 Å². The van der Waals surface area contributed by atoms with E-state index in [0.29, 0.717) is 30.2 Å². The van der Waals surface area contributed by atoms with E-state index in [-0.39, 0.29) is 23.2 Å². The van der Waals surface area contributed by atoms with Gasteiger partial charge in [0.1, 0.15) is 5.69 Å². The van der Waals surface area contributed by atoms with E-state index < -0.39 is 12.6 Å². The predicted octanol–water partition coefficient (Wildman–Crippen LogP) is 4.43. The summed E-state index contributed by atoms with van der Waals surface area (Å²) in [5, 5.41) is 4.50. The maximum absolute atomic E-state index is 13.0. The maximum Gasteiger partial charge on any atom is 0.389 e. The normalized spacial score (nSPS) is 14.8. The van der Waals surface area contributed by atoms with Crippen molar-refractivity contribution in [1.29, 1.82) is 0 Å². The summed E-state index contributed by atoms with van der Waals surface area (Å²) in [7, 11) is 0. The lowest BCUT2D eigenvalue weighted by Crippen LogP contribution is -2.38. The molecule has 1 saturated heterocycles. The fourth-order valence-corrected chi connectivity index (χ4v) is 4.49. The summed E-state index contributed by atoms with van der Waals surface area (Å²) in [6, 6.07) is 3.60. The number of halogens is 4. The average molecular weight is 476 g/mol. The third-order valence-electron chi connectivity index (χ3n) is 4.98. The number of carbonyl (C=O) groups excluding carboxylic acids is 1. The first-order chi connectivity index (χ1) is 14.8. The number of rotatable bonds is 10. The standard InChI is InChI=1S/C20H25ClF3N5OS/c21-19-17(15-29(26-19)16-4-3-7-25-14-16)28(11-10-27-8-1-2-9-27)18(30)5-12-31-13-6-20(22,23)24/h3-4,7,14-15H,1-2,5-6,8-13H2. The summed E-state index contributed by atoms with van der Waals surface area (Å²) >= 11 is 7.50. The van der Waals surface area contributed by atoms with E-state index in [1.165, 1.54) is 0 Å². The van der Waals surface area contributed by atoms with Gasteiger partial charge in [0, 0.05) is 37.2 Å². The molecule has 3 heterocycles. The van der Waals surface area contributed by atoms with Crippen LogP contribution in [0.1, 0.15) is 25.7 Å². The van der Waals surface area contributed by atoms with Crippen molar-refractivity contribution in [3.8, 4) is 5.69 Å². The molecular weight excluding hydrogens is 451 g/mol. The van der Waals surface area contributed by atoms with Gasteiger partial charge in [0.2, 0.25) is 5.91 Å². The third-order valence-corrected chi connectivity index (χ3v) is 6.24. The summed E-state index contributed by atoms with van der Waals surface area (Å²) in [6.45, 7) is 3.15. The monoisotopic (exact) mass is 475 g/mol. The van der Waals surface area contributed by atoms with E-state index >= 15 is 0 Å². The van der Waals surface area contributed by atoms with Gasteiger partial charge < -0.3 is 9.80 Å². The number of aromatic nitrogens is 3. The summed E-state index contributed by atoms with van der Waals surface area (Å²) in [5.41, 5.74) is 1.21. The van der Waals surface area contributed by atoms with E-state index in [1.807, 2.05) is 6.07 Å². The highest BCUT2D eigenvalue weighted by Crippen LogP contribution is 2.27.